The molecule has 1 aromatic rings. The van der Waals surface area contributed by atoms with Crippen LogP contribution in [0.1, 0.15) is 12.6 Å². The van der Waals surface area contributed by atoms with E-state index in [1.807, 2.05) is 6.92 Å². The topological polar surface area (TPSA) is 47.0 Å². The maximum Gasteiger partial charge on any atom is 0.422 e. The highest BCUT2D eigenvalue weighted by molar-refractivity contribution is 5.07. The van der Waals surface area contributed by atoms with E-state index < -0.39 is 12.8 Å². The SMILES string of the molecule is CCNCc1cnc(OCC(F)(F)F)cn1. The largest absolute Gasteiger partial charge is 0.467 e. The molecule has 0 aliphatic rings. The van der Waals surface area contributed by atoms with E-state index in [0.29, 0.717) is 12.2 Å². The molecule has 0 fully saturated rings. The van der Waals surface area contributed by atoms with Crippen molar-refractivity contribution in [2.75, 3.05) is 13.2 Å². The Bertz CT molecular complexity index is 313. The van der Waals surface area contributed by atoms with Crippen molar-refractivity contribution in [2.24, 2.45) is 0 Å². The molecule has 0 saturated heterocycles. The van der Waals surface area contributed by atoms with Gasteiger partial charge >= 0.3 is 6.18 Å². The van der Waals surface area contributed by atoms with Gasteiger partial charge in [0, 0.05) is 6.54 Å². The first-order valence-corrected chi connectivity index (χ1v) is 4.72. The predicted molar refractivity (Wildman–Crippen MR) is 51.0 cm³/mol. The van der Waals surface area contributed by atoms with Gasteiger partial charge in [-0.05, 0) is 6.54 Å². The smallest absolute Gasteiger partial charge is 0.422 e. The first kappa shape index (κ1) is 12.7. The zero-order valence-corrected chi connectivity index (χ0v) is 8.71. The first-order chi connectivity index (χ1) is 7.51. The molecule has 0 saturated carbocycles. The van der Waals surface area contributed by atoms with Crippen LogP contribution in [0.2, 0.25) is 0 Å². The van der Waals surface area contributed by atoms with Gasteiger partial charge in [0.25, 0.3) is 0 Å². The van der Waals surface area contributed by atoms with E-state index in [-0.39, 0.29) is 5.88 Å². The summed E-state index contributed by atoms with van der Waals surface area (Å²) >= 11 is 0. The minimum atomic E-state index is -4.36. The second-order valence-electron chi connectivity index (χ2n) is 3.03. The van der Waals surface area contributed by atoms with Crippen LogP contribution in [-0.2, 0) is 6.54 Å². The summed E-state index contributed by atoms with van der Waals surface area (Å²) in [7, 11) is 0. The van der Waals surface area contributed by atoms with Crippen LogP contribution in [0, 0.1) is 0 Å². The van der Waals surface area contributed by atoms with E-state index in [1.165, 1.54) is 12.4 Å². The van der Waals surface area contributed by atoms with Crippen molar-refractivity contribution >= 4 is 0 Å². The molecular formula is C9H12F3N3O. The fraction of sp³-hybridized carbons (Fsp3) is 0.556. The van der Waals surface area contributed by atoms with Crippen LogP contribution in [0.3, 0.4) is 0 Å². The van der Waals surface area contributed by atoms with Crippen molar-refractivity contribution in [3.63, 3.8) is 0 Å². The zero-order valence-electron chi connectivity index (χ0n) is 8.71. The molecule has 0 amide bonds. The van der Waals surface area contributed by atoms with E-state index in [9.17, 15) is 13.2 Å². The average molecular weight is 235 g/mol. The Morgan fingerprint density at radius 3 is 2.56 bits per heavy atom. The summed E-state index contributed by atoms with van der Waals surface area (Å²) in [6.45, 7) is 1.90. The van der Waals surface area contributed by atoms with Gasteiger partial charge in [-0.25, -0.2) is 4.98 Å². The van der Waals surface area contributed by atoms with Gasteiger partial charge in [0.15, 0.2) is 6.61 Å². The van der Waals surface area contributed by atoms with E-state index in [0.717, 1.165) is 6.54 Å². The van der Waals surface area contributed by atoms with Crippen LogP contribution in [-0.4, -0.2) is 29.3 Å². The summed E-state index contributed by atoms with van der Waals surface area (Å²) in [5, 5.41) is 3.02. The minimum Gasteiger partial charge on any atom is -0.467 e. The first-order valence-electron chi connectivity index (χ1n) is 4.72. The molecule has 0 unspecified atom stereocenters. The van der Waals surface area contributed by atoms with Crippen LogP contribution >= 0.6 is 0 Å². The lowest BCUT2D eigenvalue weighted by atomic mass is 10.4. The molecule has 0 aliphatic heterocycles. The molecule has 1 N–H and O–H groups in total. The lowest BCUT2D eigenvalue weighted by molar-refractivity contribution is -0.154. The van der Waals surface area contributed by atoms with Crippen LogP contribution in [0.15, 0.2) is 12.4 Å². The molecule has 0 spiro atoms. The maximum absolute atomic E-state index is 11.8. The van der Waals surface area contributed by atoms with Crippen LogP contribution in [0.25, 0.3) is 0 Å². The van der Waals surface area contributed by atoms with Gasteiger partial charge in [0.05, 0.1) is 18.1 Å². The van der Waals surface area contributed by atoms with Crippen molar-refractivity contribution in [2.45, 2.75) is 19.6 Å². The van der Waals surface area contributed by atoms with Crippen molar-refractivity contribution in [1.29, 1.82) is 0 Å². The summed E-state index contributed by atoms with van der Waals surface area (Å²) in [6.07, 6.45) is -1.79. The Kier molecular flexibility index (Phi) is 4.48. The number of nitrogens with zero attached hydrogens (tertiary/aromatic N) is 2. The maximum atomic E-state index is 11.8. The molecule has 16 heavy (non-hydrogen) atoms. The van der Waals surface area contributed by atoms with Gasteiger partial charge in [0.2, 0.25) is 5.88 Å². The van der Waals surface area contributed by atoms with Crippen molar-refractivity contribution < 1.29 is 17.9 Å². The number of rotatable bonds is 5. The van der Waals surface area contributed by atoms with Crippen molar-refractivity contribution in [3.05, 3.63) is 18.1 Å². The van der Waals surface area contributed by atoms with Crippen molar-refractivity contribution in [3.8, 4) is 5.88 Å². The van der Waals surface area contributed by atoms with Crippen LogP contribution < -0.4 is 10.1 Å². The number of aromatic nitrogens is 2. The van der Waals surface area contributed by atoms with E-state index in [2.05, 4.69) is 20.0 Å². The van der Waals surface area contributed by atoms with Gasteiger partial charge < -0.3 is 10.1 Å². The number of hydrogen-bond donors (Lipinski definition) is 1. The summed E-state index contributed by atoms with van der Waals surface area (Å²) in [4.78, 5) is 7.61. The fourth-order valence-electron chi connectivity index (χ4n) is 0.918. The Morgan fingerprint density at radius 2 is 2.06 bits per heavy atom. The number of halogens is 3. The zero-order chi connectivity index (χ0) is 12.0. The third-order valence-corrected chi connectivity index (χ3v) is 1.62. The minimum absolute atomic E-state index is 0.127. The third-order valence-electron chi connectivity index (χ3n) is 1.62. The van der Waals surface area contributed by atoms with Gasteiger partial charge in [0.1, 0.15) is 0 Å². The summed E-state index contributed by atoms with van der Waals surface area (Å²) < 4.78 is 39.8. The predicted octanol–water partition coefficient (Wildman–Crippen LogP) is 1.53. The molecule has 7 heteroatoms. The molecule has 1 heterocycles. The van der Waals surface area contributed by atoms with Crippen LogP contribution in [0.4, 0.5) is 13.2 Å². The number of ether oxygens (including phenoxy) is 1. The second kappa shape index (κ2) is 5.64. The normalized spacial score (nSPS) is 11.5. The van der Waals surface area contributed by atoms with Gasteiger partial charge in [-0.3, -0.25) is 4.98 Å². The average Bonchev–Trinajstić information content (AvgIpc) is 2.24. The Labute approximate surface area is 90.9 Å². The summed E-state index contributed by atoms with van der Waals surface area (Å²) in [5.41, 5.74) is 0.654. The molecule has 0 bridgehead atoms. The van der Waals surface area contributed by atoms with Gasteiger partial charge in [-0.15, -0.1) is 0 Å². The molecule has 0 atom stereocenters. The highest BCUT2D eigenvalue weighted by atomic mass is 19.4. The van der Waals surface area contributed by atoms with Crippen LogP contribution in [0.5, 0.6) is 5.88 Å². The molecule has 90 valence electrons. The highest BCUT2D eigenvalue weighted by Crippen LogP contribution is 2.16. The highest BCUT2D eigenvalue weighted by Gasteiger charge is 2.28. The summed E-state index contributed by atoms with van der Waals surface area (Å²) in [6, 6.07) is 0. The number of nitrogens with one attached hydrogen (secondary N) is 1. The standard InChI is InChI=1S/C9H12F3N3O/c1-2-13-3-7-4-15-8(5-14-7)16-6-9(10,11)12/h4-5,13H,2-3,6H2,1H3. The van der Waals surface area contributed by atoms with E-state index in [1.54, 1.807) is 0 Å². The van der Waals surface area contributed by atoms with E-state index >= 15 is 0 Å². The molecular weight excluding hydrogens is 223 g/mol. The van der Waals surface area contributed by atoms with Gasteiger partial charge in [-0.1, -0.05) is 6.92 Å². The molecule has 0 aliphatic carbocycles. The van der Waals surface area contributed by atoms with E-state index in [4.69, 9.17) is 0 Å². The monoisotopic (exact) mass is 235 g/mol. The molecule has 0 aromatic carbocycles. The molecule has 0 radical (unpaired) electrons. The molecule has 1 rings (SSSR count). The number of hydrogen-bond acceptors (Lipinski definition) is 4. The lowest BCUT2D eigenvalue weighted by Gasteiger charge is -2.08. The second-order valence-corrected chi connectivity index (χ2v) is 3.03. The Hall–Kier alpha value is -1.37. The van der Waals surface area contributed by atoms with Gasteiger partial charge in [-0.2, -0.15) is 13.2 Å². The number of alkyl halides is 3. The summed E-state index contributed by atoms with van der Waals surface area (Å²) in [5.74, 6) is -0.127. The fourth-order valence-corrected chi connectivity index (χ4v) is 0.918. The third kappa shape index (κ3) is 4.92. The van der Waals surface area contributed by atoms with Crippen molar-refractivity contribution in [1.82, 2.24) is 15.3 Å². The Balaban J connectivity index is 2.45. The quantitative estimate of drug-likeness (QED) is 0.840. The Morgan fingerprint density at radius 1 is 1.31 bits per heavy atom. The molecule has 4 nitrogen and oxygen atoms in total. The molecule has 1 aromatic heterocycles. The lowest BCUT2D eigenvalue weighted by Crippen LogP contribution is -2.20.